The van der Waals surface area contributed by atoms with Gasteiger partial charge in [-0.3, -0.25) is 0 Å². The summed E-state index contributed by atoms with van der Waals surface area (Å²) < 4.78 is 8.86. The number of fused-ring (bicyclic) bond motifs is 11. The molecule has 0 bridgehead atoms. The van der Waals surface area contributed by atoms with E-state index in [-0.39, 0.29) is 0 Å². The molecule has 292 valence electrons. The molecule has 0 amide bonds. The monoisotopic (exact) mass is 793 g/mol. The first kappa shape index (κ1) is 34.8. The summed E-state index contributed by atoms with van der Waals surface area (Å²) in [6, 6.07) is 72.6. The molecule has 62 heavy (non-hydrogen) atoms. The summed E-state index contributed by atoms with van der Waals surface area (Å²) in [6.45, 7) is 0. The van der Waals surface area contributed by atoms with Gasteiger partial charge in [-0.25, -0.2) is 0 Å². The molecule has 1 atom stereocenters. The first-order valence-corrected chi connectivity index (χ1v) is 21.4. The van der Waals surface area contributed by atoms with Crippen LogP contribution in [0, 0.1) is 0 Å². The molecule has 1 aliphatic carbocycles. The number of aromatic nitrogens is 1. The Hall–Kier alpha value is -8.08. The van der Waals surface area contributed by atoms with Gasteiger partial charge in [0, 0.05) is 50.5 Å². The van der Waals surface area contributed by atoms with E-state index in [1.165, 1.54) is 60.8 Å². The van der Waals surface area contributed by atoms with Crippen LogP contribution in [0.2, 0.25) is 0 Å². The second-order valence-corrected chi connectivity index (χ2v) is 16.4. The molecule has 9 aromatic carbocycles. The van der Waals surface area contributed by atoms with Crippen molar-refractivity contribution in [3.05, 3.63) is 230 Å². The third kappa shape index (κ3) is 5.26. The van der Waals surface area contributed by atoms with E-state index in [0.29, 0.717) is 5.92 Å². The predicted molar refractivity (Wildman–Crippen MR) is 259 cm³/mol. The lowest BCUT2D eigenvalue weighted by Gasteiger charge is -2.28. The Labute approximate surface area is 359 Å². The molecule has 1 unspecified atom stereocenters. The Morgan fingerprint density at radius 3 is 2.06 bits per heavy atom. The van der Waals surface area contributed by atoms with Gasteiger partial charge in [0.2, 0.25) is 0 Å². The van der Waals surface area contributed by atoms with Gasteiger partial charge < -0.3 is 18.8 Å². The Kier molecular flexibility index (Phi) is 7.70. The minimum absolute atomic E-state index is 0.319. The molecule has 0 fully saturated rings. The molecule has 0 saturated heterocycles. The van der Waals surface area contributed by atoms with Crippen molar-refractivity contribution >= 4 is 83.0 Å². The molecule has 2 aliphatic rings. The fourth-order valence-corrected chi connectivity index (χ4v) is 10.3. The highest BCUT2D eigenvalue weighted by molar-refractivity contribution is 6.21. The third-order valence-corrected chi connectivity index (χ3v) is 13.1. The van der Waals surface area contributed by atoms with Crippen molar-refractivity contribution in [1.29, 1.82) is 0 Å². The van der Waals surface area contributed by atoms with Crippen molar-refractivity contribution in [1.82, 2.24) is 4.57 Å². The Morgan fingerprint density at radius 2 is 1.21 bits per heavy atom. The second kappa shape index (κ2) is 13.7. The summed E-state index contributed by atoms with van der Waals surface area (Å²) >= 11 is 0. The van der Waals surface area contributed by atoms with Crippen molar-refractivity contribution < 1.29 is 4.42 Å². The van der Waals surface area contributed by atoms with Crippen LogP contribution < -0.4 is 9.80 Å². The number of anilines is 5. The van der Waals surface area contributed by atoms with Gasteiger partial charge in [0.1, 0.15) is 11.2 Å². The van der Waals surface area contributed by atoms with Crippen LogP contribution in [0.1, 0.15) is 17.9 Å². The van der Waals surface area contributed by atoms with Crippen LogP contribution in [0.25, 0.3) is 71.3 Å². The number of allylic oxidation sites excluding steroid dienone is 4. The van der Waals surface area contributed by atoms with Crippen LogP contribution in [0.3, 0.4) is 0 Å². The number of nitrogens with zero attached hydrogens (tertiary/aromatic N) is 3. The molecule has 11 aromatic rings. The fourth-order valence-electron chi connectivity index (χ4n) is 10.3. The largest absolute Gasteiger partial charge is 0.456 e. The maximum Gasteiger partial charge on any atom is 0.137 e. The molecular weight excluding hydrogens is 755 g/mol. The molecule has 13 rings (SSSR count). The Bertz CT molecular complexity index is 3610. The van der Waals surface area contributed by atoms with Crippen LogP contribution >= 0.6 is 0 Å². The summed E-state index contributed by atoms with van der Waals surface area (Å²) in [5.41, 5.74) is 16.0. The molecule has 0 spiro atoms. The lowest BCUT2D eigenvalue weighted by molar-refractivity contribution is 0.669. The quantitative estimate of drug-likeness (QED) is 0.168. The van der Waals surface area contributed by atoms with Crippen LogP contribution in [-0.4, -0.2) is 4.57 Å². The van der Waals surface area contributed by atoms with Crippen LogP contribution in [0.15, 0.2) is 229 Å². The van der Waals surface area contributed by atoms with Crippen LogP contribution in [0.4, 0.5) is 28.4 Å². The number of para-hydroxylation sites is 3. The van der Waals surface area contributed by atoms with E-state index in [9.17, 15) is 0 Å². The first-order valence-electron chi connectivity index (χ1n) is 21.4. The first-order chi connectivity index (χ1) is 30.8. The van der Waals surface area contributed by atoms with Crippen molar-refractivity contribution in [2.45, 2.75) is 12.3 Å². The minimum Gasteiger partial charge on any atom is -0.456 e. The van der Waals surface area contributed by atoms with Crippen LogP contribution in [0.5, 0.6) is 0 Å². The highest BCUT2D eigenvalue weighted by Gasteiger charge is 2.35. The maximum atomic E-state index is 6.46. The van der Waals surface area contributed by atoms with Crippen molar-refractivity contribution in [3.63, 3.8) is 0 Å². The highest BCUT2D eigenvalue weighted by Crippen LogP contribution is 2.53. The average molecular weight is 794 g/mol. The van der Waals surface area contributed by atoms with Gasteiger partial charge in [0.05, 0.1) is 27.8 Å². The molecular formula is C58H39N3O. The summed E-state index contributed by atoms with van der Waals surface area (Å²) in [4.78, 5) is 4.86. The van der Waals surface area contributed by atoms with E-state index >= 15 is 0 Å². The van der Waals surface area contributed by atoms with Crippen molar-refractivity contribution in [2.24, 2.45) is 0 Å². The maximum absolute atomic E-state index is 6.46. The lowest BCUT2D eigenvalue weighted by atomic mass is 9.92. The zero-order chi connectivity index (χ0) is 40.7. The smallest absolute Gasteiger partial charge is 0.137 e. The molecule has 4 nitrogen and oxygen atoms in total. The number of benzene rings is 9. The molecule has 3 heterocycles. The van der Waals surface area contributed by atoms with E-state index in [1.807, 2.05) is 6.07 Å². The highest BCUT2D eigenvalue weighted by atomic mass is 16.3. The van der Waals surface area contributed by atoms with Gasteiger partial charge in [-0.1, -0.05) is 133 Å². The predicted octanol–water partition coefficient (Wildman–Crippen LogP) is 16.1. The summed E-state index contributed by atoms with van der Waals surface area (Å²) in [5, 5.41) is 7.31. The van der Waals surface area contributed by atoms with Gasteiger partial charge in [-0.2, -0.15) is 0 Å². The minimum atomic E-state index is 0.319. The van der Waals surface area contributed by atoms with E-state index in [0.717, 1.165) is 56.7 Å². The van der Waals surface area contributed by atoms with Crippen molar-refractivity contribution in [2.75, 3.05) is 9.80 Å². The summed E-state index contributed by atoms with van der Waals surface area (Å²) in [6.07, 6.45) is 7.77. The lowest BCUT2D eigenvalue weighted by Crippen LogP contribution is -2.15. The average Bonchev–Trinajstić information content (AvgIpc) is 4.00. The van der Waals surface area contributed by atoms with E-state index in [1.54, 1.807) is 0 Å². The topological polar surface area (TPSA) is 24.6 Å². The van der Waals surface area contributed by atoms with Gasteiger partial charge >= 0.3 is 0 Å². The SMILES string of the molecule is C1=CCC2C(=C1)N(c1ccccc1)c1cc(N(c3ccc(-c4ccc(-n5c6ccccc6c6c7ccccc7ccc65)cc4)cc3)c3cccc4oc5ccccc5c34)ccc12. The molecule has 4 heteroatoms. The normalized spacial score (nSPS) is 14.5. The molecule has 1 aliphatic heterocycles. The molecule has 0 saturated carbocycles. The zero-order valence-corrected chi connectivity index (χ0v) is 33.8. The number of furan rings is 1. The summed E-state index contributed by atoms with van der Waals surface area (Å²) in [7, 11) is 0. The third-order valence-electron chi connectivity index (χ3n) is 13.1. The summed E-state index contributed by atoms with van der Waals surface area (Å²) in [5.74, 6) is 0.319. The van der Waals surface area contributed by atoms with E-state index in [2.05, 4.69) is 227 Å². The standard InChI is InChI=1S/C58H39N3O/c1-2-14-41(15-3-1)61-50-20-9-6-17-46(50)47-35-34-44(37-54(47)61)59(52-22-12-24-56-58(52)49-19-8-11-23-55(49)62-56)42-30-25-38(26-31-42)39-27-32-43(33-28-39)60-51-21-10-7-18-48(51)57-45-16-5-4-13-40(45)29-36-53(57)60/h1-16,18-37,46H,17H2. The number of rotatable bonds is 6. The molecule has 2 aromatic heterocycles. The van der Waals surface area contributed by atoms with Crippen LogP contribution in [-0.2, 0) is 0 Å². The van der Waals surface area contributed by atoms with Crippen molar-refractivity contribution in [3.8, 4) is 16.8 Å². The number of hydrogen-bond donors (Lipinski definition) is 0. The van der Waals surface area contributed by atoms with Gasteiger partial charge in [0.25, 0.3) is 0 Å². The Morgan fingerprint density at radius 1 is 0.500 bits per heavy atom. The molecule has 0 N–H and O–H groups in total. The fraction of sp³-hybridized carbons (Fsp3) is 0.0345. The second-order valence-electron chi connectivity index (χ2n) is 16.4. The molecule has 0 radical (unpaired) electrons. The zero-order valence-electron chi connectivity index (χ0n) is 33.8. The van der Waals surface area contributed by atoms with Gasteiger partial charge in [-0.15, -0.1) is 0 Å². The van der Waals surface area contributed by atoms with Gasteiger partial charge in [0.15, 0.2) is 0 Å². The number of hydrogen-bond acceptors (Lipinski definition) is 3. The van der Waals surface area contributed by atoms with E-state index in [4.69, 9.17) is 4.42 Å². The van der Waals surface area contributed by atoms with Gasteiger partial charge in [-0.05, 0) is 119 Å². The Balaban J connectivity index is 0.927. The van der Waals surface area contributed by atoms with E-state index < -0.39 is 0 Å².